The van der Waals surface area contributed by atoms with E-state index in [0.29, 0.717) is 25.4 Å². The summed E-state index contributed by atoms with van der Waals surface area (Å²) in [6, 6.07) is 0. The number of nitrogens with zero attached hydrogens (tertiary/aromatic N) is 2. The van der Waals surface area contributed by atoms with Gasteiger partial charge in [0.2, 0.25) is 0 Å². The van der Waals surface area contributed by atoms with Crippen LogP contribution in [0.4, 0.5) is 0 Å². The molecule has 1 saturated carbocycles. The number of likely N-dealkylation sites (tertiary alicyclic amines) is 1. The molecule has 4 rings (SSSR count). The summed E-state index contributed by atoms with van der Waals surface area (Å²) in [6.07, 6.45) is 8.13. The van der Waals surface area contributed by atoms with E-state index in [2.05, 4.69) is 15.6 Å². The van der Waals surface area contributed by atoms with Crippen LogP contribution in [0.5, 0.6) is 0 Å². The Morgan fingerprint density at radius 3 is 3.04 bits per heavy atom. The predicted molar refractivity (Wildman–Crippen MR) is 104 cm³/mol. The maximum absolute atomic E-state index is 12.9. The van der Waals surface area contributed by atoms with E-state index in [0.717, 1.165) is 44.7 Å². The van der Waals surface area contributed by atoms with E-state index < -0.39 is 5.60 Å². The minimum atomic E-state index is -1.26. The Balaban J connectivity index is 1.38. The summed E-state index contributed by atoms with van der Waals surface area (Å²) >= 11 is 0. The summed E-state index contributed by atoms with van der Waals surface area (Å²) in [6.45, 7) is 6.48. The van der Waals surface area contributed by atoms with Gasteiger partial charge in [-0.15, -0.1) is 0 Å². The number of aryl methyl sites for hydroxylation is 1. The van der Waals surface area contributed by atoms with Crippen molar-refractivity contribution in [2.45, 2.75) is 64.1 Å². The molecular formula is C21H32N4O2. The number of pyridine rings is 1. The van der Waals surface area contributed by atoms with Crippen LogP contribution in [0.2, 0.25) is 0 Å². The SMILES string of the molecule is Cc1ncc2c(c1CNC[C@@]1(O)CCCN(CC3CCC3)C1=O)CCNC2. The number of nitrogens with one attached hydrogen (secondary N) is 2. The number of piperidine rings is 1. The van der Waals surface area contributed by atoms with E-state index in [1.54, 1.807) is 0 Å². The number of aliphatic hydroxyl groups is 1. The predicted octanol–water partition coefficient (Wildman–Crippen LogP) is 1.28. The number of amides is 1. The fraction of sp³-hybridized carbons (Fsp3) is 0.714. The first-order valence-corrected chi connectivity index (χ1v) is 10.5. The van der Waals surface area contributed by atoms with Gasteiger partial charge in [0.05, 0.1) is 0 Å². The standard InChI is InChI=1S/C21H32N4O2/c1-15-19(18-6-8-22-10-17(18)11-24-15)12-23-14-21(27)7-3-9-25(20(21)26)13-16-4-2-5-16/h11,16,22-23,27H,2-10,12-14H2,1H3/t21-/m0/s1. The maximum Gasteiger partial charge on any atom is 0.255 e. The fourth-order valence-corrected chi connectivity index (χ4v) is 4.66. The quantitative estimate of drug-likeness (QED) is 0.701. The number of hydrogen-bond donors (Lipinski definition) is 3. The lowest BCUT2D eigenvalue weighted by molar-refractivity contribution is -0.157. The molecule has 0 radical (unpaired) electrons. The summed E-state index contributed by atoms with van der Waals surface area (Å²) in [5.74, 6) is 0.560. The molecule has 0 unspecified atom stereocenters. The monoisotopic (exact) mass is 372 g/mol. The molecular weight excluding hydrogens is 340 g/mol. The van der Waals surface area contributed by atoms with Gasteiger partial charge >= 0.3 is 0 Å². The largest absolute Gasteiger partial charge is 0.379 e. The lowest BCUT2D eigenvalue weighted by Gasteiger charge is -2.41. The molecule has 3 heterocycles. The third-order valence-electron chi connectivity index (χ3n) is 6.60. The molecule has 0 spiro atoms. The zero-order chi connectivity index (χ0) is 18.9. The van der Waals surface area contributed by atoms with Crippen molar-refractivity contribution in [2.75, 3.05) is 26.2 Å². The molecule has 3 N–H and O–H groups in total. The van der Waals surface area contributed by atoms with Crippen molar-refractivity contribution in [3.8, 4) is 0 Å². The number of aromatic nitrogens is 1. The van der Waals surface area contributed by atoms with Crippen LogP contribution >= 0.6 is 0 Å². The molecule has 1 aromatic rings. The smallest absolute Gasteiger partial charge is 0.255 e. The van der Waals surface area contributed by atoms with Crippen LogP contribution in [0, 0.1) is 12.8 Å². The summed E-state index contributed by atoms with van der Waals surface area (Å²) in [5, 5.41) is 17.8. The van der Waals surface area contributed by atoms with E-state index in [4.69, 9.17) is 0 Å². The molecule has 0 aromatic carbocycles. The third kappa shape index (κ3) is 3.89. The van der Waals surface area contributed by atoms with Gasteiger partial charge in [-0.2, -0.15) is 0 Å². The molecule has 6 heteroatoms. The van der Waals surface area contributed by atoms with Crippen LogP contribution in [0.3, 0.4) is 0 Å². The van der Waals surface area contributed by atoms with Gasteiger partial charge in [-0.1, -0.05) is 6.42 Å². The van der Waals surface area contributed by atoms with Crippen molar-refractivity contribution in [2.24, 2.45) is 5.92 Å². The fourth-order valence-electron chi connectivity index (χ4n) is 4.66. The van der Waals surface area contributed by atoms with Crippen LogP contribution in [-0.4, -0.2) is 52.7 Å². The van der Waals surface area contributed by atoms with Crippen LogP contribution < -0.4 is 10.6 Å². The summed E-state index contributed by atoms with van der Waals surface area (Å²) in [4.78, 5) is 19.3. The van der Waals surface area contributed by atoms with Crippen molar-refractivity contribution >= 4 is 5.91 Å². The summed E-state index contributed by atoms with van der Waals surface area (Å²) in [5.41, 5.74) is 3.65. The number of carbonyl (C=O) groups is 1. The molecule has 0 bridgehead atoms. The number of carbonyl (C=O) groups excluding carboxylic acids is 1. The van der Waals surface area contributed by atoms with E-state index in [-0.39, 0.29) is 5.91 Å². The Kier molecular flexibility index (Phi) is 5.48. The highest BCUT2D eigenvalue weighted by atomic mass is 16.3. The molecule has 6 nitrogen and oxygen atoms in total. The van der Waals surface area contributed by atoms with E-state index in [1.165, 1.54) is 36.0 Å². The van der Waals surface area contributed by atoms with Crippen LogP contribution in [0.15, 0.2) is 6.20 Å². The highest BCUT2D eigenvalue weighted by Gasteiger charge is 2.42. The van der Waals surface area contributed by atoms with Crippen LogP contribution in [-0.2, 0) is 24.3 Å². The molecule has 1 aromatic heterocycles. The normalized spacial score (nSPS) is 26.0. The van der Waals surface area contributed by atoms with Crippen LogP contribution in [0.25, 0.3) is 0 Å². The van der Waals surface area contributed by atoms with E-state index >= 15 is 0 Å². The average molecular weight is 373 g/mol. The van der Waals surface area contributed by atoms with E-state index in [1.807, 2.05) is 18.0 Å². The van der Waals surface area contributed by atoms with Gasteiger partial charge in [0.25, 0.3) is 5.91 Å². The zero-order valence-electron chi connectivity index (χ0n) is 16.4. The maximum atomic E-state index is 12.9. The van der Waals surface area contributed by atoms with Gasteiger partial charge in [-0.25, -0.2) is 0 Å². The summed E-state index contributed by atoms with van der Waals surface area (Å²) < 4.78 is 0. The second kappa shape index (κ2) is 7.86. The molecule has 1 saturated heterocycles. The summed E-state index contributed by atoms with van der Waals surface area (Å²) in [7, 11) is 0. The van der Waals surface area contributed by atoms with Gasteiger partial charge in [-0.05, 0) is 68.2 Å². The molecule has 3 aliphatic rings. The molecule has 1 amide bonds. The first-order chi connectivity index (χ1) is 13.1. The van der Waals surface area contributed by atoms with Gasteiger partial charge in [0, 0.05) is 44.6 Å². The molecule has 2 aliphatic heterocycles. The molecule has 27 heavy (non-hydrogen) atoms. The zero-order valence-corrected chi connectivity index (χ0v) is 16.4. The second-order valence-electron chi connectivity index (χ2n) is 8.54. The molecule has 1 atom stereocenters. The Morgan fingerprint density at radius 2 is 2.26 bits per heavy atom. The van der Waals surface area contributed by atoms with Gasteiger partial charge in [-0.3, -0.25) is 9.78 Å². The van der Waals surface area contributed by atoms with Crippen molar-refractivity contribution in [1.82, 2.24) is 20.5 Å². The van der Waals surface area contributed by atoms with Crippen molar-refractivity contribution < 1.29 is 9.90 Å². The average Bonchev–Trinajstić information content (AvgIpc) is 2.63. The Hall–Kier alpha value is -1.50. The molecule has 148 valence electrons. The second-order valence-corrected chi connectivity index (χ2v) is 8.54. The van der Waals surface area contributed by atoms with Crippen molar-refractivity contribution in [3.05, 3.63) is 28.6 Å². The number of rotatable bonds is 6. The third-order valence-corrected chi connectivity index (χ3v) is 6.60. The Labute approximate surface area is 161 Å². The first-order valence-electron chi connectivity index (χ1n) is 10.5. The molecule has 1 aliphatic carbocycles. The molecule has 2 fully saturated rings. The lowest BCUT2D eigenvalue weighted by atomic mass is 9.83. The van der Waals surface area contributed by atoms with Gasteiger partial charge in [0.1, 0.15) is 0 Å². The number of hydrogen-bond acceptors (Lipinski definition) is 5. The minimum Gasteiger partial charge on any atom is -0.379 e. The number of fused-ring (bicyclic) bond motifs is 1. The van der Waals surface area contributed by atoms with Gasteiger partial charge < -0.3 is 20.6 Å². The topological polar surface area (TPSA) is 77.5 Å². The minimum absolute atomic E-state index is 0.0812. The Bertz CT molecular complexity index is 704. The lowest BCUT2D eigenvalue weighted by Crippen LogP contribution is -2.58. The van der Waals surface area contributed by atoms with E-state index in [9.17, 15) is 9.90 Å². The van der Waals surface area contributed by atoms with Crippen LogP contribution in [0.1, 0.15) is 54.5 Å². The first kappa shape index (κ1) is 18.8. The van der Waals surface area contributed by atoms with Gasteiger partial charge in [0.15, 0.2) is 5.60 Å². The van der Waals surface area contributed by atoms with Crippen molar-refractivity contribution in [1.29, 1.82) is 0 Å². The highest BCUT2D eigenvalue weighted by molar-refractivity contribution is 5.86. The highest BCUT2D eigenvalue weighted by Crippen LogP contribution is 2.30. The Morgan fingerprint density at radius 1 is 1.41 bits per heavy atom. The van der Waals surface area contributed by atoms with Crippen molar-refractivity contribution in [3.63, 3.8) is 0 Å².